The summed E-state index contributed by atoms with van der Waals surface area (Å²) >= 11 is 1.88. The molecule has 3 nitrogen and oxygen atoms in total. The lowest BCUT2D eigenvalue weighted by molar-refractivity contribution is 0.459. The fourth-order valence-corrected chi connectivity index (χ4v) is 3.10. The molecule has 1 fully saturated rings. The third-order valence-electron chi connectivity index (χ3n) is 2.89. The van der Waals surface area contributed by atoms with Gasteiger partial charge in [0, 0.05) is 17.0 Å². The standard InChI is InChI=1S/C11H19N3S/c12-5-1-2-10-8-14-11(15-10)9-3-6-13-7-4-9/h8-9,13H,1-7,12H2. The van der Waals surface area contributed by atoms with Gasteiger partial charge in [-0.05, 0) is 45.3 Å². The molecule has 2 rings (SSSR count). The summed E-state index contributed by atoms with van der Waals surface area (Å²) in [5, 5.41) is 4.72. The van der Waals surface area contributed by atoms with Gasteiger partial charge in [0.05, 0.1) is 5.01 Å². The van der Waals surface area contributed by atoms with Gasteiger partial charge in [-0.15, -0.1) is 11.3 Å². The normalized spacial score (nSPS) is 18.2. The number of nitrogens with zero attached hydrogens (tertiary/aromatic N) is 1. The second-order valence-electron chi connectivity index (χ2n) is 4.08. The fraction of sp³-hybridized carbons (Fsp3) is 0.727. The van der Waals surface area contributed by atoms with Gasteiger partial charge in [0.15, 0.2) is 0 Å². The maximum Gasteiger partial charge on any atom is 0.0959 e. The van der Waals surface area contributed by atoms with E-state index in [4.69, 9.17) is 5.73 Å². The van der Waals surface area contributed by atoms with Gasteiger partial charge in [-0.25, -0.2) is 4.98 Å². The molecule has 0 radical (unpaired) electrons. The average Bonchev–Trinajstić information content (AvgIpc) is 2.76. The van der Waals surface area contributed by atoms with E-state index in [-0.39, 0.29) is 0 Å². The summed E-state index contributed by atoms with van der Waals surface area (Å²) in [6, 6.07) is 0. The molecule has 1 saturated heterocycles. The Hall–Kier alpha value is -0.450. The van der Waals surface area contributed by atoms with Gasteiger partial charge < -0.3 is 11.1 Å². The number of hydrogen-bond acceptors (Lipinski definition) is 4. The van der Waals surface area contributed by atoms with Crippen LogP contribution >= 0.6 is 11.3 Å². The summed E-state index contributed by atoms with van der Waals surface area (Å²) < 4.78 is 0. The van der Waals surface area contributed by atoms with Crippen LogP contribution in [0.2, 0.25) is 0 Å². The second kappa shape index (κ2) is 5.58. The molecule has 1 aromatic rings. The van der Waals surface area contributed by atoms with Crippen molar-refractivity contribution in [3.63, 3.8) is 0 Å². The lowest BCUT2D eigenvalue weighted by Crippen LogP contribution is -2.26. The quantitative estimate of drug-likeness (QED) is 0.816. The number of piperidine rings is 1. The lowest BCUT2D eigenvalue weighted by Gasteiger charge is -2.20. The number of nitrogens with two attached hydrogens (primary N) is 1. The zero-order chi connectivity index (χ0) is 10.5. The van der Waals surface area contributed by atoms with Gasteiger partial charge in [0.1, 0.15) is 0 Å². The smallest absolute Gasteiger partial charge is 0.0959 e. The van der Waals surface area contributed by atoms with Crippen molar-refractivity contribution >= 4 is 11.3 Å². The van der Waals surface area contributed by atoms with Gasteiger partial charge in [-0.3, -0.25) is 0 Å². The summed E-state index contributed by atoms with van der Waals surface area (Å²) in [7, 11) is 0. The molecule has 1 aromatic heterocycles. The van der Waals surface area contributed by atoms with E-state index >= 15 is 0 Å². The van der Waals surface area contributed by atoms with E-state index < -0.39 is 0 Å². The summed E-state index contributed by atoms with van der Waals surface area (Å²) in [5.74, 6) is 0.697. The minimum absolute atomic E-state index is 0.697. The van der Waals surface area contributed by atoms with Gasteiger partial charge >= 0.3 is 0 Å². The third kappa shape index (κ3) is 3.00. The first-order valence-electron chi connectivity index (χ1n) is 5.75. The Morgan fingerprint density at radius 2 is 2.27 bits per heavy atom. The molecular weight excluding hydrogens is 206 g/mol. The molecule has 0 amide bonds. The Kier molecular flexibility index (Phi) is 4.11. The number of aromatic nitrogens is 1. The van der Waals surface area contributed by atoms with Crippen LogP contribution in [-0.2, 0) is 6.42 Å². The predicted molar refractivity (Wildman–Crippen MR) is 64.3 cm³/mol. The van der Waals surface area contributed by atoms with Crippen LogP contribution in [0, 0.1) is 0 Å². The Morgan fingerprint density at radius 3 is 3.00 bits per heavy atom. The van der Waals surface area contributed by atoms with Crippen molar-refractivity contribution in [2.45, 2.75) is 31.6 Å². The van der Waals surface area contributed by atoms with Crippen LogP contribution in [0.3, 0.4) is 0 Å². The number of hydrogen-bond donors (Lipinski definition) is 2. The van der Waals surface area contributed by atoms with Crippen molar-refractivity contribution in [2.24, 2.45) is 5.73 Å². The highest BCUT2D eigenvalue weighted by molar-refractivity contribution is 7.11. The molecule has 15 heavy (non-hydrogen) atoms. The van der Waals surface area contributed by atoms with Crippen LogP contribution in [-0.4, -0.2) is 24.6 Å². The molecule has 0 spiro atoms. The molecule has 0 saturated carbocycles. The largest absolute Gasteiger partial charge is 0.330 e. The molecule has 3 N–H and O–H groups in total. The molecule has 0 aliphatic carbocycles. The van der Waals surface area contributed by atoms with Crippen LogP contribution < -0.4 is 11.1 Å². The molecule has 1 aliphatic rings. The van der Waals surface area contributed by atoms with Crippen molar-refractivity contribution in [3.05, 3.63) is 16.1 Å². The number of aryl methyl sites for hydroxylation is 1. The fourth-order valence-electron chi connectivity index (χ4n) is 1.97. The molecule has 0 unspecified atom stereocenters. The van der Waals surface area contributed by atoms with E-state index in [1.54, 1.807) is 0 Å². The number of rotatable bonds is 4. The van der Waals surface area contributed by atoms with Crippen LogP contribution in [0.4, 0.5) is 0 Å². The first-order chi connectivity index (χ1) is 7.40. The minimum atomic E-state index is 0.697. The van der Waals surface area contributed by atoms with Gasteiger partial charge in [0.25, 0.3) is 0 Å². The van der Waals surface area contributed by atoms with E-state index in [9.17, 15) is 0 Å². The van der Waals surface area contributed by atoms with E-state index in [1.807, 2.05) is 17.5 Å². The van der Waals surface area contributed by atoms with Gasteiger partial charge in [-0.1, -0.05) is 0 Å². The lowest BCUT2D eigenvalue weighted by atomic mass is 9.99. The maximum absolute atomic E-state index is 5.50. The Bertz CT molecular complexity index is 292. The van der Waals surface area contributed by atoms with Gasteiger partial charge in [-0.2, -0.15) is 0 Å². The molecule has 1 aliphatic heterocycles. The van der Waals surface area contributed by atoms with Crippen LogP contribution in [0.15, 0.2) is 6.20 Å². The van der Waals surface area contributed by atoms with Crippen LogP contribution in [0.1, 0.15) is 35.1 Å². The summed E-state index contributed by atoms with van der Waals surface area (Å²) in [5.41, 5.74) is 5.50. The molecule has 0 atom stereocenters. The van der Waals surface area contributed by atoms with E-state index in [2.05, 4.69) is 10.3 Å². The summed E-state index contributed by atoms with van der Waals surface area (Å²) in [6.07, 6.45) is 6.69. The van der Waals surface area contributed by atoms with Crippen molar-refractivity contribution in [3.8, 4) is 0 Å². The second-order valence-corrected chi connectivity index (χ2v) is 5.23. The molecule has 0 aromatic carbocycles. The Morgan fingerprint density at radius 1 is 1.47 bits per heavy atom. The highest BCUT2D eigenvalue weighted by Gasteiger charge is 2.18. The minimum Gasteiger partial charge on any atom is -0.330 e. The Balaban J connectivity index is 1.93. The molecular formula is C11H19N3S. The topological polar surface area (TPSA) is 50.9 Å². The molecule has 4 heteroatoms. The zero-order valence-electron chi connectivity index (χ0n) is 9.04. The van der Waals surface area contributed by atoms with E-state index in [0.29, 0.717) is 5.92 Å². The predicted octanol–water partition coefficient (Wildman–Crippen LogP) is 1.50. The van der Waals surface area contributed by atoms with Crippen molar-refractivity contribution in [1.82, 2.24) is 10.3 Å². The van der Waals surface area contributed by atoms with E-state index in [1.165, 1.54) is 22.7 Å². The molecule has 2 heterocycles. The third-order valence-corrected chi connectivity index (χ3v) is 4.11. The highest BCUT2D eigenvalue weighted by Crippen LogP contribution is 2.29. The first-order valence-corrected chi connectivity index (χ1v) is 6.57. The zero-order valence-corrected chi connectivity index (χ0v) is 9.85. The summed E-state index contributed by atoms with van der Waals surface area (Å²) in [6.45, 7) is 3.06. The van der Waals surface area contributed by atoms with Gasteiger partial charge in [0.2, 0.25) is 0 Å². The molecule has 0 bridgehead atoms. The number of nitrogens with one attached hydrogen (secondary N) is 1. The van der Waals surface area contributed by atoms with Crippen LogP contribution in [0.5, 0.6) is 0 Å². The first kappa shape index (κ1) is 11.0. The van der Waals surface area contributed by atoms with Crippen LogP contribution in [0.25, 0.3) is 0 Å². The molecule has 84 valence electrons. The number of thiazole rings is 1. The summed E-state index contributed by atoms with van der Waals surface area (Å²) in [4.78, 5) is 5.94. The Labute approximate surface area is 95.1 Å². The maximum atomic E-state index is 5.50. The highest BCUT2D eigenvalue weighted by atomic mass is 32.1. The van der Waals surface area contributed by atoms with Crippen molar-refractivity contribution in [2.75, 3.05) is 19.6 Å². The monoisotopic (exact) mass is 225 g/mol. The SMILES string of the molecule is NCCCc1cnc(C2CCNCC2)s1. The van der Waals surface area contributed by atoms with Crippen molar-refractivity contribution < 1.29 is 0 Å². The van der Waals surface area contributed by atoms with Crippen molar-refractivity contribution in [1.29, 1.82) is 0 Å². The van der Waals surface area contributed by atoms with E-state index in [0.717, 1.165) is 32.5 Å². The average molecular weight is 225 g/mol.